The molecule has 2 aromatic carbocycles. The molecule has 0 heterocycles. The van der Waals surface area contributed by atoms with E-state index in [0.717, 1.165) is 16.8 Å². The first kappa shape index (κ1) is 13.5. The van der Waals surface area contributed by atoms with Gasteiger partial charge in [-0.05, 0) is 48.5 Å². The van der Waals surface area contributed by atoms with Gasteiger partial charge >= 0.3 is 0 Å². The molecule has 0 unspecified atom stereocenters. The van der Waals surface area contributed by atoms with Crippen LogP contribution in [-0.2, 0) is 6.54 Å². The number of nitrogens with one attached hydrogen (secondary N) is 2. The molecule has 2 nitrogen and oxygen atoms in total. The maximum absolute atomic E-state index is 13.0. The Morgan fingerprint density at radius 1 is 1.16 bits per heavy atom. The van der Waals surface area contributed by atoms with Gasteiger partial charge in [0.2, 0.25) is 0 Å². The molecule has 0 atom stereocenters. The molecule has 0 bridgehead atoms. The second-order valence-corrected chi connectivity index (χ2v) is 4.66. The molecule has 0 saturated heterocycles. The van der Waals surface area contributed by atoms with Crippen LogP contribution >= 0.6 is 12.2 Å². The summed E-state index contributed by atoms with van der Waals surface area (Å²) in [4.78, 5) is 0. The summed E-state index contributed by atoms with van der Waals surface area (Å²) in [5.74, 6) is -0.244. The Hall–Kier alpha value is -1.94. The first-order valence-electron chi connectivity index (χ1n) is 6.00. The number of benzene rings is 2. The minimum Gasteiger partial charge on any atom is -0.358 e. The minimum absolute atomic E-state index is 0.244. The van der Waals surface area contributed by atoms with Gasteiger partial charge in [-0.3, -0.25) is 0 Å². The Labute approximate surface area is 117 Å². The summed E-state index contributed by atoms with van der Waals surface area (Å²) in [6.45, 7) is 2.50. The Balaban J connectivity index is 1.91. The van der Waals surface area contributed by atoms with Gasteiger partial charge in [0.1, 0.15) is 5.82 Å². The summed E-state index contributed by atoms with van der Waals surface area (Å²) in [5.41, 5.74) is 2.79. The van der Waals surface area contributed by atoms with E-state index in [-0.39, 0.29) is 5.82 Å². The van der Waals surface area contributed by atoms with Crippen molar-refractivity contribution < 1.29 is 4.39 Å². The zero-order valence-corrected chi connectivity index (χ0v) is 11.4. The van der Waals surface area contributed by atoms with Crippen molar-refractivity contribution in [3.8, 4) is 0 Å². The van der Waals surface area contributed by atoms with Crippen LogP contribution in [0.1, 0.15) is 11.1 Å². The highest BCUT2D eigenvalue weighted by Crippen LogP contribution is 2.15. The molecule has 0 aromatic heterocycles. The monoisotopic (exact) mass is 274 g/mol. The molecule has 19 heavy (non-hydrogen) atoms. The lowest BCUT2D eigenvalue weighted by molar-refractivity contribution is 0.627. The zero-order valence-electron chi connectivity index (χ0n) is 10.6. The van der Waals surface area contributed by atoms with Crippen molar-refractivity contribution in [1.29, 1.82) is 0 Å². The molecule has 0 amide bonds. The van der Waals surface area contributed by atoms with Crippen LogP contribution in [0.15, 0.2) is 48.5 Å². The normalized spacial score (nSPS) is 10.0. The fourth-order valence-corrected chi connectivity index (χ4v) is 1.89. The second kappa shape index (κ2) is 6.29. The van der Waals surface area contributed by atoms with Crippen molar-refractivity contribution in [2.45, 2.75) is 13.5 Å². The number of anilines is 1. The number of hydrogen-bond acceptors (Lipinski definition) is 1. The zero-order chi connectivity index (χ0) is 13.7. The molecule has 0 aliphatic rings. The van der Waals surface area contributed by atoms with Crippen molar-refractivity contribution >= 4 is 23.0 Å². The molecule has 2 aromatic rings. The van der Waals surface area contributed by atoms with Gasteiger partial charge in [0, 0.05) is 12.2 Å². The van der Waals surface area contributed by atoms with E-state index in [2.05, 4.69) is 10.6 Å². The summed E-state index contributed by atoms with van der Waals surface area (Å²) in [6.07, 6.45) is 0. The largest absolute Gasteiger partial charge is 0.358 e. The van der Waals surface area contributed by atoms with Gasteiger partial charge in [-0.2, -0.15) is 0 Å². The van der Waals surface area contributed by atoms with Gasteiger partial charge in [0.15, 0.2) is 5.11 Å². The lowest BCUT2D eigenvalue weighted by atomic mass is 10.2. The number of halogens is 1. The Kier molecular flexibility index (Phi) is 4.47. The topological polar surface area (TPSA) is 24.1 Å². The molecule has 0 spiro atoms. The van der Waals surface area contributed by atoms with E-state index in [1.54, 1.807) is 6.07 Å². The van der Waals surface area contributed by atoms with E-state index in [1.807, 2.05) is 37.3 Å². The van der Waals surface area contributed by atoms with Crippen LogP contribution in [-0.4, -0.2) is 5.11 Å². The van der Waals surface area contributed by atoms with E-state index in [0.29, 0.717) is 11.7 Å². The molecule has 0 saturated carbocycles. The van der Waals surface area contributed by atoms with Crippen molar-refractivity contribution in [3.63, 3.8) is 0 Å². The average Bonchev–Trinajstić information content (AvgIpc) is 2.41. The van der Waals surface area contributed by atoms with Gasteiger partial charge in [-0.1, -0.05) is 30.3 Å². The SMILES string of the molecule is Cc1cc(F)ccc1NC(=S)NCc1ccccc1. The minimum atomic E-state index is -0.244. The van der Waals surface area contributed by atoms with Crippen molar-refractivity contribution in [2.75, 3.05) is 5.32 Å². The van der Waals surface area contributed by atoms with Crippen LogP contribution in [0, 0.1) is 12.7 Å². The number of thiocarbonyl (C=S) groups is 1. The first-order chi connectivity index (χ1) is 9.15. The van der Waals surface area contributed by atoms with Crippen LogP contribution in [0.3, 0.4) is 0 Å². The molecule has 0 fully saturated rings. The Morgan fingerprint density at radius 3 is 2.58 bits per heavy atom. The van der Waals surface area contributed by atoms with Gasteiger partial charge in [-0.25, -0.2) is 4.39 Å². The highest BCUT2D eigenvalue weighted by molar-refractivity contribution is 7.80. The molecule has 0 radical (unpaired) electrons. The third-order valence-corrected chi connectivity index (χ3v) is 2.98. The fourth-order valence-electron chi connectivity index (χ4n) is 1.71. The molecular weight excluding hydrogens is 259 g/mol. The smallest absolute Gasteiger partial charge is 0.171 e. The van der Waals surface area contributed by atoms with E-state index >= 15 is 0 Å². The van der Waals surface area contributed by atoms with E-state index < -0.39 is 0 Å². The van der Waals surface area contributed by atoms with Crippen molar-refractivity contribution in [1.82, 2.24) is 5.32 Å². The summed E-state index contributed by atoms with van der Waals surface area (Å²) in [6, 6.07) is 14.6. The quantitative estimate of drug-likeness (QED) is 0.836. The maximum atomic E-state index is 13.0. The van der Waals surface area contributed by atoms with Crippen molar-refractivity contribution in [3.05, 3.63) is 65.5 Å². The lowest BCUT2D eigenvalue weighted by Gasteiger charge is -2.12. The third kappa shape index (κ3) is 4.03. The molecule has 2 N–H and O–H groups in total. The number of rotatable bonds is 3. The summed E-state index contributed by atoms with van der Waals surface area (Å²) in [7, 11) is 0. The van der Waals surface area contributed by atoms with Crippen LogP contribution in [0.2, 0.25) is 0 Å². The lowest BCUT2D eigenvalue weighted by Crippen LogP contribution is -2.28. The molecule has 4 heteroatoms. The summed E-state index contributed by atoms with van der Waals surface area (Å²) in [5, 5.41) is 6.70. The number of aryl methyl sites for hydroxylation is 1. The molecule has 2 rings (SSSR count). The standard InChI is InChI=1S/C15H15FN2S/c1-11-9-13(16)7-8-14(11)18-15(19)17-10-12-5-3-2-4-6-12/h2-9H,10H2,1H3,(H2,17,18,19). The fraction of sp³-hybridized carbons (Fsp3) is 0.133. The van der Waals surface area contributed by atoms with Gasteiger partial charge in [0.05, 0.1) is 0 Å². The molecule has 98 valence electrons. The van der Waals surface area contributed by atoms with Crippen LogP contribution in [0.5, 0.6) is 0 Å². The predicted molar refractivity (Wildman–Crippen MR) is 80.6 cm³/mol. The Morgan fingerprint density at radius 2 is 1.89 bits per heavy atom. The Bertz CT molecular complexity index is 570. The predicted octanol–water partition coefficient (Wildman–Crippen LogP) is 3.62. The van der Waals surface area contributed by atoms with E-state index in [4.69, 9.17) is 12.2 Å². The maximum Gasteiger partial charge on any atom is 0.171 e. The number of hydrogen-bond donors (Lipinski definition) is 2. The van der Waals surface area contributed by atoms with E-state index in [9.17, 15) is 4.39 Å². The second-order valence-electron chi connectivity index (χ2n) is 4.25. The van der Waals surface area contributed by atoms with Crippen LogP contribution in [0.4, 0.5) is 10.1 Å². The molecular formula is C15H15FN2S. The van der Waals surface area contributed by atoms with Crippen LogP contribution < -0.4 is 10.6 Å². The van der Waals surface area contributed by atoms with Crippen molar-refractivity contribution in [2.24, 2.45) is 0 Å². The summed E-state index contributed by atoms with van der Waals surface area (Å²) < 4.78 is 13.0. The third-order valence-electron chi connectivity index (χ3n) is 2.73. The average molecular weight is 274 g/mol. The van der Waals surface area contributed by atoms with Gasteiger partial charge in [0.25, 0.3) is 0 Å². The highest BCUT2D eigenvalue weighted by Gasteiger charge is 2.02. The molecule has 0 aliphatic carbocycles. The van der Waals surface area contributed by atoms with E-state index in [1.165, 1.54) is 12.1 Å². The van der Waals surface area contributed by atoms with Gasteiger partial charge in [-0.15, -0.1) is 0 Å². The molecule has 0 aliphatic heterocycles. The van der Waals surface area contributed by atoms with Crippen LogP contribution in [0.25, 0.3) is 0 Å². The van der Waals surface area contributed by atoms with Gasteiger partial charge < -0.3 is 10.6 Å². The first-order valence-corrected chi connectivity index (χ1v) is 6.41. The highest BCUT2D eigenvalue weighted by atomic mass is 32.1. The summed E-state index contributed by atoms with van der Waals surface area (Å²) >= 11 is 5.21.